The smallest absolute Gasteiger partial charge is 0.329 e. The highest BCUT2D eigenvalue weighted by Gasteiger charge is 2.29. The molecule has 0 spiro atoms. The van der Waals surface area contributed by atoms with Gasteiger partial charge in [-0.2, -0.15) is 0 Å². The van der Waals surface area contributed by atoms with Crippen molar-refractivity contribution in [3.63, 3.8) is 0 Å². The molecule has 0 saturated heterocycles. The van der Waals surface area contributed by atoms with Crippen molar-refractivity contribution in [2.45, 2.75) is 38.3 Å². The summed E-state index contributed by atoms with van der Waals surface area (Å²) in [5.41, 5.74) is 4.55. The molecule has 0 unspecified atom stereocenters. The van der Waals surface area contributed by atoms with Crippen molar-refractivity contribution >= 4 is 28.3 Å². The number of aromatic nitrogens is 5. The average molecular weight is 412 g/mol. The summed E-state index contributed by atoms with van der Waals surface area (Å²) in [5, 5.41) is 0.643. The molecule has 4 heterocycles. The third-order valence-electron chi connectivity index (χ3n) is 5.52. The summed E-state index contributed by atoms with van der Waals surface area (Å²) in [6, 6.07) is 5.93. The molecule has 1 saturated carbocycles. The molecule has 1 aliphatic rings. The Kier molecular flexibility index (Phi) is 4.64. The standard InChI is InChI=1S/C21H22ClN5O2/c1-29-10-2-3-17-16(24-20-11-14(22)7-9-25(17)20)13-26-19-12-23-8-6-18(19)27(21(26)28)15-4-5-15/h6-9,11-12,15H,2-5,10,13H2,1H3. The summed E-state index contributed by atoms with van der Waals surface area (Å²) >= 11 is 6.18. The quantitative estimate of drug-likeness (QED) is 0.437. The number of nitrogens with zero attached hydrogens (tertiary/aromatic N) is 5. The minimum atomic E-state index is 0.00781. The van der Waals surface area contributed by atoms with E-state index in [-0.39, 0.29) is 5.69 Å². The van der Waals surface area contributed by atoms with E-state index < -0.39 is 0 Å². The molecule has 150 valence electrons. The number of aryl methyl sites for hydroxylation is 1. The van der Waals surface area contributed by atoms with Crippen LogP contribution >= 0.6 is 11.6 Å². The minimum Gasteiger partial charge on any atom is -0.385 e. The summed E-state index contributed by atoms with van der Waals surface area (Å²) in [5.74, 6) is 0. The van der Waals surface area contributed by atoms with Crippen molar-refractivity contribution in [3.05, 3.63) is 63.7 Å². The van der Waals surface area contributed by atoms with E-state index in [9.17, 15) is 4.79 Å². The number of hydrogen-bond acceptors (Lipinski definition) is 4. The van der Waals surface area contributed by atoms with Crippen LogP contribution < -0.4 is 5.69 Å². The van der Waals surface area contributed by atoms with Crippen LogP contribution in [-0.2, 0) is 17.7 Å². The summed E-state index contributed by atoms with van der Waals surface area (Å²) in [7, 11) is 1.70. The molecule has 5 rings (SSSR count). The van der Waals surface area contributed by atoms with Crippen molar-refractivity contribution < 1.29 is 4.74 Å². The SMILES string of the molecule is COCCCc1c(Cn2c(=O)n(C3CC3)c3ccncc32)nc2cc(Cl)ccn12. The van der Waals surface area contributed by atoms with Crippen LogP contribution in [0.25, 0.3) is 16.7 Å². The van der Waals surface area contributed by atoms with E-state index in [1.165, 1.54) is 0 Å². The highest BCUT2D eigenvalue weighted by atomic mass is 35.5. The predicted octanol–water partition coefficient (Wildman–Crippen LogP) is 3.46. The molecular formula is C21H22ClN5O2. The van der Waals surface area contributed by atoms with E-state index in [0.717, 1.165) is 53.8 Å². The molecule has 1 aliphatic carbocycles. The van der Waals surface area contributed by atoms with Crippen molar-refractivity contribution in [2.75, 3.05) is 13.7 Å². The Balaban J connectivity index is 1.63. The Morgan fingerprint density at radius 2 is 2.14 bits per heavy atom. The van der Waals surface area contributed by atoms with Gasteiger partial charge in [-0.15, -0.1) is 0 Å². The van der Waals surface area contributed by atoms with Crippen LogP contribution in [-0.4, -0.2) is 37.2 Å². The lowest BCUT2D eigenvalue weighted by Gasteiger charge is -2.06. The Morgan fingerprint density at radius 3 is 2.93 bits per heavy atom. The first-order valence-corrected chi connectivity index (χ1v) is 10.2. The van der Waals surface area contributed by atoms with E-state index in [0.29, 0.717) is 24.2 Å². The van der Waals surface area contributed by atoms with Gasteiger partial charge in [0, 0.05) is 48.9 Å². The van der Waals surface area contributed by atoms with Gasteiger partial charge in [0.15, 0.2) is 0 Å². The van der Waals surface area contributed by atoms with Gasteiger partial charge in [0.25, 0.3) is 0 Å². The van der Waals surface area contributed by atoms with Crippen LogP contribution in [0.1, 0.15) is 36.7 Å². The van der Waals surface area contributed by atoms with E-state index in [4.69, 9.17) is 21.3 Å². The second kappa shape index (κ2) is 7.31. The van der Waals surface area contributed by atoms with E-state index in [2.05, 4.69) is 9.38 Å². The molecule has 0 aliphatic heterocycles. The molecule has 0 atom stereocenters. The number of ether oxygens (including phenoxy) is 1. The number of pyridine rings is 2. The Hall–Kier alpha value is -2.64. The van der Waals surface area contributed by atoms with Crippen molar-refractivity contribution in [3.8, 4) is 0 Å². The Morgan fingerprint density at radius 1 is 1.28 bits per heavy atom. The molecule has 0 aromatic carbocycles. The first-order valence-electron chi connectivity index (χ1n) is 9.86. The molecule has 7 nitrogen and oxygen atoms in total. The lowest BCUT2D eigenvalue weighted by Crippen LogP contribution is -2.24. The number of rotatable bonds is 7. The minimum absolute atomic E-state index is 0.00781. The number of halogens is 1. The van der Waals surface area contributed by atoms with E-state index in [1.54, 1.807) is 24.1 Å². The van der Waals surface area contributed by atoms with Gasteiger partial charge < -0.3 is 9.14 Å². The summed E-state index contributed by atoms with van der Waals surface area (Å²) in [6.07, 6.45) is 9.24. The molecule has 1 fully saturated rings. The zero-order valence-corrected chi connectivity index (χ0v) is 17.0. The maximum Gasteiger partial charge on any atom is 0.329 e. The Bertz CT molecular complexity index is 1250. The van der Waals surface area contributed by atoms with E-state index in [1.807, 2.05) is 29.0 Å². The molecule has 0 N–H and O–H groups in total. The molecule has 4 aromatic rings. The van der Waals surface area contributed by atoms with Gasteiger partial charge in [0.05, 0.1) is 29.5 Å². The zero-order valence-electron chi connectivity index (χ0n) is 16.2. The van der Waals surface area contributed by atoms with Gasteiger partial charge in [0.1, 0.15) is 5.65 Å². The van der Waals surface area contributed by atoms with Crippen LogP contribution in [0, 0.1) is 0 Å². The number of imidazole rings is 2. The van der Waals surface area contributed by atoms with Gasteiger partial charge in [-0.05, 0) is 37.8 Å². The van der Waals surface area contributed by atoms with Crippen LogP contribution in [0.4, 0.5) is 0 Å². The molecule has 29 heavy (non-hydrogen) atoms. The normalized spacial score (nSPS) is 14.3. The van der Waals surface area contributed by atoms with Crippen molar-refractivity contribution in [1.82, 2.24) is 23.5 Å². The second-order valence-corrected chi connectivity index (χ2v) is 7.95. The summed E-state index contributed by atoms with van der Waals surface area (Å²) < 4.78 is 11.0. The van der Waals surface area contributed by atoms with Gasteiger partial charge in [-0.1, -0.05) is 11.6 Å². The molecule has 4 aromatic heterocycles. The van der Waals surface area contributed by atoms with E-state index >= 15 is 0 Å². The molecule has 0 bridgehead atoms. The molecular weight excluding hydrogens is 390 g/mol. The van der Waals surface area contributed by atoms with Gasteiger partial charge >= 0.3 is 5.69 Å². The monoisotopic (exact) mass is 411 g/mol. The third-order valence-corrected chi connectivity index (χ3v) is 5.75. The van der Waals surface area contributed by atoms with Crippen LogP contribution in [0.3, 0.4) is 0 Å². The molecule has 0 radical (unpaired) electrons. The number of hydrogen-bond donors (Lipinski definition) is 0. The average Bonchev–Trinajstić information content (AvgIpc) is 3.44. The largest absolute Gasteiger partial charge is 0.385 e. The lowest BCUT2D eigenvalue weighted by molar-refractivity contribution is 0.195. The van der Waals surface area contributed by atoms with Crippen LogP contribution in [0.15, 0.2) is 41.6 Å². The highest BCUT2D eigenvalue weighted by molar-refractivity contribution is 6.30. The summed E-state index contributed by atoms with van der Waals surface area (Å²) in [6.45, 7) is 1.08. The van der Waals surface area contributed by atoms with Crippen molar-refractivity contribution in [1.29, 1.82) is 0 Å². The van der Waals surface area contributed by atoms with Gasteiger partial charge in [0.2, 0.25) is 0 Å². The first kappa shape index (κ1) is 18.4. The fourth-order valence-corrected chi connectivity index (χ4v) is 4.16. The van der Waals surface area contributed by atoms with Gasteiger partial charge in [-0.3, -0.25) is 14.1 Å². The van der Waals surface area contributed by atoms with Gasteiger partial charge in [-0.25, -0.2) is 9.78 Å². The maximum absolute atomic E-state index is 13.2. The molecule has 0 amide bonds. The first-order chi connectivity index (χ1) is 14.2. The van der Waals surface area contributed by atoms with Crippen molar-refractivity contribution in [2.24, 2.45) is 0 Å². The van der Waals surface area contributed by atoms with Crippen LogP contribution in [0.5, 0.6) is 0 Å². The second-order valence-electron chi connectivity index (χ2n) is 7.51. The molecule has 8 heteroatoms. The predicted molar refractivity (Wildman–Crippen MR) is 112 cm³/mol. The van der Waals surface area contributed by atoms with Crippen LogP contribution in [0.2, 0.25) is 5.02 Å². The third kappa shape index (κ3) is 3.24. The fourth-order valence-electron chi connectivity index (χ4n) is 4.01. The number of fused-ring (bicyclic) bond motifs is 2. The lowest BCUT2D eigenvalue weighted by atomic mass is 10.2. The zero-order chi connectivity index (χ0) is 20.0. The number of methoxy groups -OCH3 is 1. The summed E-state index contributed by atoms with van der Waals surface area (Å²) in [4.78, 5) is 22.3. The fraction of sp³-hybridized carbons (Fsp3) is 0.381. The highest BCUT2D eigenvalue weighted by Crippen LogP contribution is 2.36. The maximum atomic E-state index is 13.2. The Labute approximate surface area is 172 Å². The topological polar surface area (TPSA) is 66.3 Å².